The van der Waals surface area contributed by atoms with Crippen molar-refractivity contribution in [3.05, 3.63) is 53.9 Å². The monoisotopic (exact) mass is 367 g/mol. The minimum Gasteiger partial charge on any atom is -0.388 e. The van der Waals surface area contributed by atoms with Crippen molar-refractivity contribution >= 4 is 16.9 Å². The summed E-state index contributed by atoms with van der Waals surface area (Å²) in [4.78, 5) is 19.7. The van der Waals surface area contributed by atoms with Gasteiger partial charge in [0.15, 0.2) is 0 Å². The first-order valence-electron chi connectivity index (χ1n) is 9.24. The summed E-state index contributed by atoms with van der Waals surface area (Å²) in [6.07, 6.45) is 0.907. The number of rotatable bonds is 8. The lowest BCUT2D eigenvalue weighted by Gasteiger charge is -2.15. The van der Waals surface area contributed by atoms with Gasteiger partial charge in [-0.25, -0.2) is 4.98 Å². The Balaban J connectivity index is 1.70. The van der Waals surface area contributed by atoms with E-state index in [9.17, 15) is 9.90 Å². The van der Waals surface area contributed by atoms with E-state index < -0.39 is 0 Å². The highest BCUT2D eigenvalue weighted by atomic mass is 16.5. The summed E-state index contributed by atoms with van der Waals surface area (Å²) in [6.45, 7) is 5.03. The summed E-state index contributed by atoms with van der Waals surface area (Å²) in [5.74, 6) is 0.447. The van der Waals surface area contributed by atoms with Gasteiger partial charge in [0.05, 0.1) is 17.1 Å². The van der Waals surface area contributed by atoms with Crippen LogP contribution in [-0.4, -0.2) is 40.2 Å². The molecular weight excluding hydrogens is 342 g/mol. The quantitative estimate of drug-likeness (QED) is 0.570. The average Bonchev–Trinajstić information content (AvgIpc) is 3.13. The number of imidazole rings is 1. The predicted octanol–water partition coefficient (Wildman–Crippen LogP) is 3.27. The van der Waals surface area contributed by atoms with E-state index in [2.05, 4.69) is 15.3 Å². The normalized spacial score (nSPS) is 12.3. The zero-order valence-electron chi connectivity index (χ0n) is 15.7. The highest BCUT2D eigenvalue weighted by Gasteiger charge is 2.11. The minimum atomic E-state index is -0.115. The van der Waals surface area contributed by atoms with Gasteiger partial charge in [-0.05, 0) is 48.7 Å². The van der Waals surface area contributed by atoms with E-state index in [0.717, 1.165) is 28.6 Å². The van der Waals surface area contributed by atoms with Crippen molar-refractivity contribution in [3.63, 3.8) is 0 Å². The molecule has 0 spiro atoms. The molecule has 142 valence electrons. The fourth-order valence-electron chi connectivity index (χ4n) is 3.00. The number of carbonyl (C=O) groups excluding carboxylic acids is 1. The molecule has 0 unspecified atom stereocenters. The highest BCUT2D eigenvalue weighted by molar-refractivity contribution is 5.94. The second-order valence-corrected chi connectivity index (χ2v) is 6.35. The van der Waals surface area contributed by atoms with Crippen molar-refractivity contribution in [3.8, 4) is 11.1 Å². The van der Waals surface area contributed by atoms with Gasteiger partial charge in [0.25, 0.3) is 5.91 Å². The SMILES string of the molecule is CCO[C@@H](CC)CNC(=O)c1ccc(-c2ccc3nc(CO)[nH]c3c2)cc1. The van der Waals surface area contributed by atoms with Crippen LogP contribution in [0.5, 0.6) is 0 Å². The number of fused-ring (bicyclic) bond motifs is 1. The van der Waals surface area contributed by atoms with E-state index in [1.807, 2.05) is 56.3 Å². The molecule has 0 radical (unpaired) electrons. The number of nitrogens with one attached hydrogen (secondary N) is 2. The Kier molecular flexibility index (Phi) is 6.21. The van der Waals surface area contributed by atoms with E-state index in [1.54, 1.807) is 0 Å². The van der Waals surface area contributed by atoms with Crippen molar-refractivity contribution in [1.29, 1.82) is 0 Å². The number of nitrogens with zero attached hydrogens (tertiary/aromatic N) is 1. The smallest absolute Gasteiger partial charge is 0.251 e. The van der Waals surface area contributed by atoms with E-state index in [1.165, 1.54) is 0 Å². The number of H-pyrrole nitrogens is 1. The molecular formula is C21H25N3O3. The molecule has 3 rings (SSSR count). The van der Waals surface area contributed by atoms with E-state index in [0.29, 0.717) is 24.5 Å². The predicted molar refractivity (Wildman–Crippen MR) is 105 cm³/mol. The summed E-state index contributed by atoms with van der Waals surface area (Å²) in [7, 11) is 0. The first-order chi connectivity index (χ1) is 13.1. The minimum absolute atomic E-state index is 0.0446. The lowest BCUT2D eigenvalue weighted by Crippen LogP contribution is -2.33. The molecule has 1 amide bonds. The second-order valence-electron chi connectivity index (χ2n) is 6.35. The van der Waals surface area contributed by atoms with Crippen LogP contribution in [0.1, 0.15) is 36.5 Å². The van der Waals surface area contributed by atoms with Crippen molar-refractivity contribution < 1.29 is 14.6 Å². The number of benzene rings is 2. The molecule has 0 aliphatic rings. The fourth-order valence-corrected chi connectivity index (χ4v) is 3.00. The summed E-state index contributed by atoms with van der Waals surface area (Å²) in [5, 5.41) is 12.1. The summed E-state index contributed by atoms with van der Waals surface area (Å²) in [5.41, 5.74) is 4.34. The lowest BCUT2D eigenvalue weighted by atomic mass is 10.0. The molecule has 6 heteroatoms. The van der Waals surface area contributed by atoms with Crippen LogP contribution in [0.15, 0.2) is 42.5 Å². The summed E-state index contributed by atoms with van der Waals surface area (Å²) < 4.78 is 5.56. The van der Waals surface area contributed by atoms with Crippen molar-refractivity contribution in [1.82, 2.24) is 15.3 Å². The highest BCUT2D eigenvalue weighted by Crippen LogP contribution is 2.24. The zero-order valence-corrected chi connectivity index (χ0v) is 15.7. The van der Waals surface area contributed by atoms with Gasteiger partial charge in [-0.2, -0.15) is 0 Å². The first-order valence-corrected chi connectivity index (χ1v) is 9.24. The largest absolute Gasteiger partial charge is 0.388 e. The Labute approximate surface area is 158 Å². The molecule has 0 fully saturated rings. The lowest BCUT2D eigenvalue weighted by molar-refractivity contribution is 0.0569. The van der Waals surface area contributed by atoms with Crippen molar-refractivity contribution in [2.24, 2.45) is 0 Å². The Morgan fingerprint density at radius 3 is 2.59 bits per heavy atom. The van der Waals surface area contributed by atoms with Crippen LogP contribution in [0.2, 0.25) is 0 Å². The standard InChI is InChI=1S/C21H25N3O3/c1-3-17(27-4-2)12-22-21(26)15-7-5-14(6-8-15)16-9-10-18-19(11-16)24-20(13-25)23-18/h5-11,17,25H,3-4,12-13H2,1-2H3,(H,22,26)(H,23,24)/t17-/m0/s1. The van der Waals surface area contributed by atoms with Crippen LogP contribution < -0.4 is 5.32 Å². The molecule has 3 N–H and O–H groups in total. The molecule has 6 nitrogen and oxygen atoms in total. The number of hydrogen-bond donors (Lipinski definition) is 3. The maximum Gasteiger partial charge on any atom is 0.251 e. The first kappa shape index (κ1) is 19.1. The number of hydrogen-bond acceptors (Lipinski definition) is 4. The Morgan fingerprint density at radius 2 is 1.93 bits per heavy atom. The molecule has 0 saturated carbocycles. The number of amides is 1. The molecule has 0 aliphatic heterocycles. The topological polar surface area (TPSA) is 87.2 Å². The molecule has 2 aromatic carbocycles. The van der Waals surface area contributed by atoms with Crippen molar-refractivity contribution in [2.45, 2.75) is 33.0 Å². The van der Waals surface area contributed by atoms with Crippen molar-refractivity contribution in [2.75, 3.05) is 13.2 Å². The van der Waals surface area contributed by atoms with Crippen LogP contribution >= 0.6 is 0 Å². The second kappa shape index (κ2) is 8.79. The van der Waals surface area contributed by atoms with Gasteiger partial charge in [-0.15, -0.1) is 0 Å². The third-order valence-electron chi connectivity index (χ3n) is 4.51. The van der Waals surface area contributed by atoms with Gasteiger partial charge in [0.2, 0.25) is 0 Å². The van der Waals surface area contributed by atoms with Crippen LogP contribution in [-0.2, 0) is 11.3 Å². The third-order valence-corrected chi connectivity index (χ3v) is 4.51. The van der Waals surface area contributed by atoms with Gasteiger partial charge in [-0.3, -0.25) is 4.79 Å². The van der Waals surface area contributed by atoms with Crippen LogP contribution in [0.4, 0.5) is 0 Å². The van der Waals surface area contributed by atoms with Gasteiger partial charge in [0, 0.05) is 18.7 Å². The Hall–Kier alpha value is -2.70. The van der Waals surface area contributed by atoms with E-state index in [4.69, 9.17) is 4.74 Å². The van der Waals surface area contributed by atoms with Gasteiger partial charge >= 0.3 is 0 Å². The van der Waals surface area contributed by atoms with Crippen LogP contribution in [0, 0.1) is 0 Å². The molecule has 1 aromatic heterocycles. The Bertz CT molecular complexity index is 903. The van der Waals surface area contributed by atoms with Gasteiger partial charge < -0.3 is 20.1 Å². The maximum atomic E-state index is 12.3. The summed E-state index contributed by atoms with van der Waals surface area (Å²) in [6, 6.07) is 13.4. The number of aliphatic hydroxyl groups excluding tert-OH is 1. The zero-order chi connectivity index (χ0) is 19.2. The molecule has 0 saturated heterocycles. The number of aromatic nitrogens is 2. The molecule has 27 heavy (non-hydrogen) atoms. The number of aromatic amines is 1. The van der Waals surface area contributed by atoms with Gasteiger partial charge in [0.1, 0.15) is 12.4 Å². The number of aliphatic hydroxyl groups is 1. The summed E-state index contributed by atoms with van der Waals surface area (Å²) >= 11 is 0. The van der Waals surface area contributed by atoms with E-state index in [-0.39, 0.29) is 18.6 Å². The third kappa shape index (κ3) is 4.53. The Morgan fingerprint density at radius 1 is 1.19 bits per heavy atom. The molecule has 0 aliphatic carbocycles. The fraction of sp³-hybridized carbons (Fsp3) is 0.333. The maximum absolute atomic E-state index is 12.3. The molecule has 3 aromatic rings. The van der Waals surface area contributed by atoms with Crippen LogP contribution in [0.3, 0.4) is 0 Å². The van der Waals surface area contributed by atoms with Crippen LogP contribution in [0.25, 0.3) is 22.2 Å². The molecule has 0 bridgehead atoms. The molecule has 1 heterocycles. The average molecular weight is 367 g/mol. The van der Waals surface area contributed by atoms with E-state index >= 15 is 0 Å². The number of carbonyl (C=O) groups is 1. The molecule has 1 atom stereocenters. The number of ether oxygens (including phenoxy) is 1. The van der Waals surface area contributed by atoms with Gasteiger partial charge in [-0.1, -0.05) is 25.1 Å².